The number of rotatable bonds is 4. The quantitative estimate of drug-likeness (QED) is 0.798. The van der Waals surface area contributed by atoms with E-state index >= 15 is 0 Å². The molecule has 1 unspecified atom stereocenters. The van der Waals surface area contributed by atoms with Crippen LogP contribution in [0.4, 0.5) is 0 Å². The first kappa shape index (κ1) is 12.0. The first-order chi connectivity index (χ1) is 7.20. The first-order valence-corrected chi connectivity index (χ1v) is 5.05. The van der Waals surface area contributed by atoms with Crippen molar-refractivity contribution in [2.75, 3.05) is 20.7 Å². The van der Waals surface area contributed by atoms with Gasteiger partial charge in [-0.15, -0.1) is 0 Å². The molecule has 1 rings (SSSR count). The minimum Gasteiger partial charge on any atom is -0.469 e. The number of benzene rings is 1. The van der Waals surface area contributed by atoms with Crippen LogP contribution < -0.4 is 5.32 Å². The van der Waals surface area contributed by atoms with Crippen molar-refractivity contribution < 1.29 is 9.53 Å². The van der Waals surface area contributed by atoms with Crippen LogP contribution in [0.5, 0.6) is 0 Å². The van der Waals surface area contributed by atoms with E-state index in [9.17, 15) is 4.79 Å². The summed E-state index contributed by atoms with van der Waals surface area (Å²) in [4.78, 5) is 11.5. The number of halogens is 1. The van der Waals surface area contributed by atoms with Crippen LogP contribution in [-0.4, -0.2) is 26.7 Å². The van der Waals surface area contributed by atoms with E-state index in [1.807, 2.05) is 18.2 Å². The number of esters is 1. The third-order valence-corrected chi connectivity index (χ3v) is 2.52. The van der Waals surface area contributed by atoms with Gasteiger partial charge in [0.25, 0.3) is 0 Å². The van der Waals surface area contributed by atoms with Crippen molar-refractivity contribution in [3.05, 3.63) is 34.9 Å². The molecule has 3 nitrogen and oxygen atoms in total. The smallest absolute Gasteiger partial charge is 0.314 e. The van der Waals surface area contributed by atoms with E-state index in [1.165, 1.54) is 7.11 Å². The molecular weight excluding hydrogens is 214 g/mol. The molecule has 0 saturated carbocycles. The Morgan fingerprint density at radius 2 is 2.20 bits per heavy atom. The number of methoxy groups -OCH3 is 1. The molecule has 1 aromatic rings. The molecular formula is C11H14ClNO2. The Kier molecular flexibility index (Phi) is 4.59. The van der Waals surface area contributed by atoms with Gasteiger partial charge in [-0.3, -0.25) is 4.79 Å². The maximum atomic E-state index is 11.5. The molecule has 1 N–H and O–H groups in total. The molecule has 15 heavy (non-hydrogen) atoms. The number of likely N-dealkylation sites (N-methyl/N-ethyl adjacent to an activating group) is 1. The van der Waals surface area contributed by atoms with Crippen molar-refractivity contribution >= 4 is 17.6 Å². The second-order valence-electron chi connectivity index (χ2n) is 3.15. The molecule has 0 saturated heterocycles. The lowest BCUT2D eigenvalue weighted by molar-refractivity contribution is -0.142. The maximum absolute atomic E-state index is 11.5. The molecule has 1 aromatic carbocycles. The summed E-state index contributed by atoms with van der Waals surface area (Å²) in [5.41, 5.74) is 0.792. The fourth-order valence-corrected chi connectivity index (χ4v) is 1.69. The minimum absolute atomic E-state index is 0.280. The van der Waals surface area contributed by atoms with Crippen molar-refractivity contribution in [1.29, 1.82) is 0 Å². The predicted octanol–water partition coefficient (Wildman–Crippen LogP) is 1.82. The fraction of sp³-hybridized carbons (Fsp3) is 0.364. The van der Waals surface area contributed by atoms with Crippen LogP contribution >= 0.6 is 11.6 Å². The zero-order valence-electron chi connectivity index (χ0n) is 8.79. The van der Waals surface area contributed by atoms with Crippen molar-refractivity contribution in [2.24, 2.45) is 0 Å². The summed E-state index contributed by atoms with van der Waals surface area (Å²) in [6.45, 7) is 0.510. The fourth-order valence-electron chi connectivity index (χ4n) is 1.42. The number of hydrogen-bond acceptors (Lipinski definition) is 3. The van der Waals surface area contributed by atoms with Gasteiger partial charge >= 0.3 is 5.97 Å². The van der Waals surface area contributed by atoms with Gasteiger partial charge in [-0.1, -0.05) is 29.8 Å². The van der Waals surface area contributed by atoms with Crippen molar-refractivity contribution in [2.45, 2.75) is 5.92 Å². The molecule has 0 aromatic heterocycles. The predicted molar refractivity (Wildman–Crippen MR) is 60.1 cm³/mol. The lowest BCUT2D eigenvalue weighted by Crippen LogP contribution is -2.25. The molecule has 4 heteroatoms. The van der Waals surface area contributed by atoms with Gasteiger partial charge in [-0.2, -0.15) is 0 Å². The molecule has 0 amide bonds. The standard InChI is InChI=1S/C11H14ClNO2/c1-13-7-9(11(14)15-2)8-5-3-4-6-10(8)12/h3-6,9,13H,7H2,1-2H3. The summed E-state index contributed by atoms with van der Waals surface area (Å²) < 4.78 is 4.74. The highest BCUT2D eigenvalue weighted by Gasteiger charge is 2.22. The molecule has 0 fully saturated rings. The van der Waals surface area contributed by atoms with E-state index in [2.05, 4.69) is 5.32 Å². The van der Waals surface area contributed by atoms with E-state index in [4.69, 9.17) is 16.3 Å². The molecule has 0 bridgehead atoms. The summed E-state index contributed by atoms with van der Waals surface area (Å²) in [6.07, 6.45) is 0. The van der Waals surface area contributed by atoms with Gasteiger partial charge in [0.2, 0.25) is 0 Å². The average molecular weight is 228 g/mol. The summed E-state index contributed by atoms with van der Waals surface area (Å²) in [6, 6.07) is 7.29. The Morgan fingerprint density at radius 1 is 1.53 bits per heavy atom. The van der Waals surface area contributed by atoms with E-state index in [0.717, 1.165) is 5.56 Å². The van der Waals surface area contributed by atoms with Gasteiger partial charge in [-0.05, 0) is 18.7 Å². The van der Waals surface area contributed by atoms with Crippen LogP contribution in [0.25, 0.3) is 0 Å². The van der Waals surface area contributed by atoms with E-state index in [0.29, 0.717) is 11.6 Å². The monoisotopic (exact) mass is 227 g/mol. The SMILES string of the molecule is CNCC(C(=O)OC)c1ccccc1Cl. The second-order valence-corrected chi connectivity index (χ2v) is 3.56. The zero-order chi connectivity index (χ0) is 11.3. The molecule has 0 aliphatic carbocycles. The van der Waals surface area contributed by atoms with Crippen LogP contribution in [0.1, 0.15) is 11.5 Å². The molecule has 0 radical (unpaired) electrons. The highest BCUT2D eigenvalue weighted by molar-refractivity contribution is 6.31. The van der Waals surface area contributed by atoms with E-state index < -0.39 is 0 Å². The number of carbonyl (C=O) groups excluding carboxylic acids is 1. The molecule has 0 aliphatic heterocycles. The largest absolute Gasteiger partial charge is 0.469 e. The molecule has 82 valence electrons. The summed E-state index contributed by atoms with van der Waals surface area (Å²) in [5.74, 6) is -0.633. The van der Waals surface area contributed by atoms with Gasteiger partial charge in [0.1, 0.15) is 0 Å². The molecule has 0 aliphatic rings. The van der Waals surface area contributed by atoms with Gasteiger partial charge in [0.05, 0.1) is 13.0 Å². The number of ether oxygens (including phenoxy) is 1. The minimum atomic E-state index is -0.353. The Hall–Kier alpha value is -1.06. The third-order valence-electron chi connectivity index (χ3n) is 2.17. The van der Waals surface area contributed by atoms with E-state index in [1.54, 1.807) is 13.1 Å². The summed E-state index contributed by atoms with van der Waals surface area (Å²) >= 11 is 6.02. The number of hydrogen-bond donors (Lipinski definition) is 1. The van der Waals surface area contributed by atoms with Gasteiger partial charge in [0, 0.05) is 11.6 Å². The number of nitrogens with one attached hydrogen (secondary N) is 1. The van der Waals surface area contributed by atoms with Gasteiger partial charge in [0.15, 0.2) is 0 Å². The normalized spacial score (nSPS) is 12.2. The van der Waals surface area contributed by atoms with Crippen molar-refractivity contribution in [1.82, 2.24) is 5.32 Å². The maximum Gasteiger partial charge on any atom is 0.314 e. The van der Waals surface area contributed by atoms with Crippen LogP contribution in [0.2, 0.25) is 5.02 Å². The molecule has 0 heterocycles. The Morgan fingerprint density at radius 3 is 2.73 bits per heavy atom. The van der Waals surface area contributed by atoms with E-state index in [-0.39, 0.29) is 11.9 Å². The Bertz CT molecular complexity index is 341. The second kappa shape index (κ2) is 5.73. The van der Waals surface area contributed by atoms with Gasteiger partial charge < -0.3 is 10.1 Å². The summed E-state index contributed by atoms with van der Waals surface area (Å²) in [7, 11) is 3.16. The van der Waals surface area contributed by atoms with Crippen molar-refractivity contribution in [3.8, 4) is 0 Å². The van der Waals surface area contributed by atoms with Crippen LogP contribution in [0.3, 0.4) is 0 Å². The van der Waals surface area contributed by atoms with Crippen LogP contribution in [-0.2, 0) is 9.53 Å². The van der Waals surface area contributed by atoms with Crippen LogP contribution in [0.15, 0.2) is 24.3 Å². The topological polar surface area (TPSA) is 38.3 Å². The Balaban J connectivity index is 2.98. The van der Waals surface area contributed by atoms with Crippen LogP contribution in [0, 0.1) is 0 Å². The highest BCUT2D eigenvalue weighted by atomic mass is 35.5. The average Bonchev–Trinajstić information content (AvgIpc) is 2.26. The molecule has 1 atom stereocenters. The first-order valence-electron chi connectivity index (χ1n) is 4.67. The summed E-state index contributed by atoms with van der Waals surface area (Å²) in [5, 5.41) is 3.54. The lowest BCUT2D eigenvalue weighted by atomic mass is 9.99. The van der Waals surface area contributed by atoms with Gasteiger partial charge in [-0.25, -0.2) is 0 Å². The third kappa shape index (κ3) is 2.94. The highest BCUT2D eigenvalue weighted by Crippen LogP contribution is 2.24. The Labute approximate surface area is 94.4 Å². The zero-order valence-corrected chi connectivity index (χ0v) is 9.54. The lowest BCUT2D eigenvalue weighted by Gasteiger charge is -2.15. The molecule has 0 spiro atoms. The van der Waals surface area contributed by atoms with Crippen molar-refractivity contribution in [3.63, 3.8) is 0 Å². The number of carbonyl (C=O) groups is 1.